The van der Waals surface area contributed by atoms with Crippen LogP contribution < -0.4 is 15.4 Å². The fraction of sp³-hybridized carbons (Fsp3) is 0.150. The molecular formula is C20H17BrFN3O5. The van der Waals surface area contributed by atoms with Gasteiger partial charge < -0.3 is 20.5 Å². The standard InChI is InChI=1S/C20H17BrFN3O5/c1-2-30-17-8-11(12(21)9-16(17)26)7-15-19(28)25(20(29)24-15)10-18(27)23-14-6-4-3-5-13(14)22/h3-9,26H,2,10H2,1H3,(H,23,27)(H,24,29)/b15-7+. The smallest absolute Gasteiger partial charge is 0.329 e. The zero-order valence-electron chi connectivity index (χ0n) is 15.7. The van der Waals surface area contributed by atoms with Gasteiger partial charge in [-0.1, -0.05) is 28.1 Å². The van der Waals surface area contributed by atoms with Crippen LogP contribution in [-0.2, 0) is 9.59 Å². The normalized spacial score (nSPS) is 14.8. The van der Waals surface area contributed by atoms with Gasteiger partial charge in [-0.05, 0) is 42.8 Å². The van der Waals surface area contributed by atoms with Crippen LogP contribution in [0.3, 0.4) is 0 Å². The van der Waals surface area contributed by atoms with Crippen molar-refractivity contribution in [2.45, 2.75) is 6.92 Å². The average Bonchev–Trinajstić information content (AvgIpc) is 2.95. The quantitative estimate of drug-likeness (QED) is 0.437. The molecule has 0 aromatic heterocycles. The Hall–Kier alpha value is -3.40. The molecule has 1 heterocycles. The van der Waals surface area contributed by atoms with Crippen LogP contribution >= 0.6 is 15.9 Å². The fourth-order valence-corrected chi connectivity index (χ4v) is 3.15. The van der Waals surface area contributed by atoms with Gasteiger partial charge in [0, 0.05) is 4.47 Å². The lowest BCUT2D eigenvalue weighted by molar-refractivity contribution is -0.127. The zero-order chi connectivity index (χ0) is 21.8. The minimum absolute atomic E-state index is 0.0539. The first kappa shape index (κ1) is 21.3. The molecule has 0 radical (unpaired) electrons. The summed E-state index contributed by atoms with van der Waals surface area (Å²) in [6, 6.07) is 7.67. The number of carbonyl (C=O) groups excluding carboxylic acids is 3. The molecule has 2 aromatic rings. The predicted octanol–water partition coefficient (Wildman–Crippen LogP) is 3.22. The van der Waals surface area contributed by atoms with E-state index in [9.17, 15) is 23.9 Å². The van der Waals surface area contributed by atoms with Gasteiger partial charge in [-0.2, -0.15) is 0 Å². The lowest BCUT2D eigenvalue weighted by Crippen LogP contribution is -2.38. The molecule has 3 rings (SSSR count). The van der Waals surface area contributed by atoms with E-state index in [1.807, 2.05) is 0 Å². The van der Waals surface area contributed by atoms with Crippen molar-refractivity contribution in [2.24, 2.45) is 0 Å². The number of ether oxygens (including phenoxy) is 1. The molecule has 1 saturated heterocycles. The number of imide groups is 1. The number of halogens is 2. The van der Waals surface area contributed by atoms with E-state index in [2.05, 4.69) is 26.6 Å². The lowest BCUT2D eigenvalue weighted by atomic mass is 10.1. The molecule has 1 aliphatic heterocycles. The maximum Gasteiger partial charge on any atom is 0.329 e. The second-order valence-corrected chi connectivity index (χ2v) is 7.04. The molecule has 10 heteroatoms. The number of phenols is 1. The molecule has 0 atom stereocenters. The fourth-order valence-electron chi connectivity index (χ4n) is 2.71. The van der Waals surface area contributed by atoms with Crippen molar-refractivity contribution in [1.82, 2.24) is 10.2 Å². The molecule has 3 N–H and O–H groups in total. The Morgan fingerprint density at radius 1 is 1.33 bits per heavy atom. The van der Waals surface area contributed by atoms with E-state index in [1.54, 1.807) is 13.0 Å². The Morgan fingerprint density at radius 2 is 2.07 bits per heavy atom. The van der Waals surface area contributed by atoms with Gasteiger partial charge in [0.2, 0.25) is 5.91 Å². The van der Waals surface area contributed by atoms with Crippen molar-refractivity contribution < 1.29 is 28.6 Å². The molecule has 1 aliphatic rings. The van der Waals surface area contributed by atoms with Crippen LogP contribution in [0.15, 0.2) is 46.6 Å². The van der Waals surface area contributed by atoms with E-state index in [1.165, 1.54) is 36.4 Å². The summed E-state index contributed by atoms with van der Waals surface area (Å²) in [6.45, 7) is 1.49. The molecule has 0 saturated carbocycles. The van der Waals surface area contributed by atoms with Gasteiger partial charge in [0.05, 0.1) is 12.3 Å². The number of benzene rings is 2. The summed E-state index contributed by atoms with van der Waals surface area (Å²) >= 11 is 3.28. The van der Waals surface area contributed by atoms with Crippen LogP contribution in [0, 0.1) is 5.82 Å². The SMILES string of the molecule is CCOc1cc(/C=C2/NC(=O)N(CC(=O)Nc3ccccc3F)C2=O)c(Br)cc1O. The van der Waals surface area contributed by atoms with Crippen molar-refractivity contribution in [2.75, 3.05) is 18.5 Å². The van der Waals surface area contributed by atoms with Gasteiger partial charge in [0.25, 0.3) is 5.91 Å². The monoisotopic (exact) mass is 477 g/mol. The number of amides is 4. The average molecular weight is 478 g/mol. The van der Waals surface area contributed by atoms with Crippen molar-refractivity contribution in [1.29, 1.82) is 0 Å². The van der Waals surface area contributed by atoms with Crippen LogP contribution in [0.4, 0.5) is 14.9 Å². The number of nitrogens with zero attached hydrogens (tertiary/aromatic N) is 1. The van der Waals surface area contributed by atoms with E-state index >= 15 is 0 Å². The lowest BCUT2D eigenvalue weighted by Gasteiger charge is -2.12. The van der Waals surface area contributed by atoms with Gasteiger partial charge in [0.15, 0.2) is 11.5 Å². The minimum atomic E-state index is -0.783. The third-order valence-corrected chi connectivity index (χ3v) is 4.78. The molecule has 0 bridgehead atoms. The molecule has 30 heavy (non-hydrogen) atoms. The predicted molar refractivity (Wildman–Crippen MR) is 110 cm³/mol. The minimum Gasteiger partial charge on any atom is -0.504 e. The van der Waals surface area contributed by atoms with E-state index in [4.69, 9.17) is 4.74 Å². The summed E-state index contributed by atoms with van der Waals surface area (Å²) < 4.78 is 19.4. The van der Waals surface area contributed by atoms with E-state index < -0.39 is 30.2 Å². The molecule has 156 valence electrons. The Kier molecular flexibility index (Phi) is 6.36. The number of nitrogens with one attached hydrogen (secondary N) is 2. The molecule has 4 amide bonds. The van der Waals surface area contributed by atoms with Gasteiger partial charge in [0.1, 0.15) is 18.1 Å². The summed E-state index contributed by atoms with van der Waals surface area (Å²) in [6.07, 6.45) is 1.39. The molecule has 8 nitrogen and oxygen atoms in total. The molecule has 0 aliphatic carbocycles. The number of carbonyl (C=O) groups is 3. The second-order valence-electron chi connectivity index (χ2n) is 6.18. The molecule has 1 fully saturated rings. The Morgan fingerprint density at radius 3 is 2.77 bits per heavy atom. The largest absolute Gasteiger partial charge is 0.504 e. The van der Waals surface area contributed by atoms with E-state index in [0.29, 0.717) is 21.5 Å². The number of hydrogen-bond donors (Lipinski definition) is 3. The number of para-hydroxylation sites is 1. The third kappa shape index (κ3) is 4.60. The van der Waals surface area contributed by atoms with Crippen molar-refractivity contribution >= 4 is 45.5 Å². The van der Waals surface area contributed by atoms with Gasteiger partial charge in [-0.15, -0.1) is 0 Å². The molecule has 0 unspecified atom stereocenters. The van der Waals surface area contributed by atoms with Crippen molar-refractivity contribution in [3.8, 4) is 11.5 Å². The van der Waals surface area contributed by atoms with Crippen molar-refractivity contribution in [3.63, 3.8) is 0 Å². The number of hydrogen-bond acceptors (Lipinski definition) is 5. The first-order chi connectivity index (χ1) is 14.3. The molecular weight excluding hydrogens is 461 g/mol. The van der Waals surface area contributed by atoms with Crippen LogP contribution in [0.1, 0.15) is 12.5 Å². The number of urea groups is 1. The van der Waals surface area contributed by atoms with Crippen LogP contribution in [0.25, 0.3) is 6.08 Å². The number of rotatable bonds is 6. The summed E-state index contributed by atoms with van der Waals surface area (Å²) in [5.74, 6) is -1.95. The first-order valence-corrected chi connectivity index (χ1v) is 9.63. The van der Waals surface area contributed by atoms with Gasteiger partial charge in [-0.3, -0.25) is 9.59 Å². The van der Waals surface area contributed by atoms with Gasteiger partial charge >= 0.3 is 6.03 Å². The van der Waals surface area contributed by atoms with Crippen LogP contribution in [-0.4, -0.2) is 41.0 Å². The number of anilines is 1. The second kappa shape index (κ2) is 8.95. The van der Waals surface area contributed by atoms with Crippen LogP contribution in [0.5, 0.6) is 11.5 Å². The summed E-state index contributed by atoms with van der Waals surface area (Å²) in [5.41, 5.74) is 0.354. The topological polar surface area (TPSA) is 108 Å². The summed E-state index contributed by atoms with van der Waals surface area (Å²) in [4.78, 5) is 37.6. The third-order valence-electron chi connectivity index (χ3n) is 4.09. The van der Waals surface area contributed by atoms with E-state index in [0.717, 1.165) is 0 Å². The Bertz CT molecular complexity index is 1060. The summed E-state index contributed by atoms with van der Waals surface area (Å²) in [5, 5.41) is 14.6. The number of phenolic OH excluding ortho intramolecular Hbond substituents is 1. The maximum atomic E-state index is 13.7. The number of aromatic hydroxyl groups is 1. The van der Waals surface area contributed by atoms with Crippen molar-refractivity contribution in [3.05, 3.63) is 57.9 Å². The first-order valence-electron chi connectivity index (χ1n) is 8.84. The highest BCUT2D eigenvalue weighted by Gasteiger charge is 2.35. The zero-order valence-corrected chi connectivity index (χ0v) is 17.3. The highest BCUT2D eigenvalue weighted by Crippen LogP contribution is 2.34. The molecule has 2 aromatic carbocycles. The Balaban J connectivity index is 1.77. The van der Waals surface area contributed by atoms with Gasteiger partial charge in [-0.25, -0.2) is 14.1 Å². The highest BCUT2D eigenvalue weighted by atomic mass is 79.9. The highest BCUT2D eigenvalue weighted by molar-refractivity contribution is 9.10. The van der Waals surface area contributed by atoms with E-state index in [-0.39, 0.29) is 22.9 Å². The van der Waals surface area contributed by atoms with Crippen LogP contribution in [0.2, 0.25) is 0 Å². The Labute approximate surface area is 179 Å². The molecule has 0 spiro atoms. The summed E-state index contributed by atoms with van der Waals surface area (Å²) in [7, 11) is 0. The maximum absolute atomic E-state index is 13.7.